The Kier molecular flexibility index (Phi) is 3.23. The van der Waals surface area contributed by atoms with Crippen molar-refractivity contribution >= 4 is 33.1 Å². The first-order chi connectivity index (χ1) is 8.13. The van der Waals surface area contributed by atoms with Crippen LogP contribution in [0.2, 0.25) is 0 Å². The quantitative estimate of drug-likeness (QED) is 0.870. The molecule has 0 aromatic carbocycles. The molecule has 0 radical (unpaired) electrons. The Labute approximate surface area is 103 Å². The number of carbonyl (C=O) groups excluding carboxylic acids is 1. The molecular weight excluding hydrogens is 236 g/mol. The van der Waals surface area contributed by atoms with Gasteiger partial charge in [0.1, 0.15) is 9.71 Å². The van der Waals surface area contributed by atoms with E-state index >= 15 is 0 Å². The molecule has 1 amide bonds. The van der Waals surface area contributed by atoms with Crippen molar-refractivity contribution in [1.82, 2.24) is 15.5 Å². The van der Waals surface area contributed by atoms with Crippen LogP contribution in [0.5, 0.6) is 0 Å². The number of rotatable bonds is 3. The normalized spacial score (nSPS) is 12.6. The van der Waals surface area contributed by atoms with E-state index in [0.717, 1.165) is 11.8 Å². The molecule has 0 aliphatic heterocycles. The number of anilines is 1. The first kappa shape index (κ1) is 11.8. The third-order valence-corrected chi connectivity index (χ3v) is 3.72. The molecule has 90 valence electrons. The van der Waals surface area contributed by atoms with Crippen molar-refractivity contribution in [2.45, 2.75) is 26.3 Å². The van der Waals surface area contributed by atoms with E-state index in [1.165, 1.54) is 11.3 Å². The second kappa shape index (κ2) is 4.67. The minimum atomic E-state index is -0.139. The summed E-state index contributed by atoms with van der Waals surface area (Å²) in [5, 5.41) is 11.4. The molecule has 0 aliphatic carbocycles. The molecule has 2 heterocycles. The van der Waals surface area contributed by atoms with Gasteiger partial charge in [0.05, 0.1) is 11.9 Å². The fourth-order valence-corrected chi connectivity index (χ4v) is 2.37. The number of nitrogens with zero attached hydrogens (tertiary/aromatic N) is 2. The molecule has 2 aromatic heterocycles. The Balaban J connectivity index is 2.35. The summed E-state index contributed by atoms with van der Waals surface area (Å²) in [5.41, 5.74) is 6.43. The van der Waals surface area contributed by atoms with Gasteiger partial charge in [-0.25, -0.2) is 0 Å². The third-order valence-electron chi connectivity index (χ3n) is 2.62. The van der Waals surface area contributed by atoms with Crippen LogP contribution in [0.15, 0.2) is 12.3 Å². The predicted molar refractivity (Wildman–Crippen MR) is 69.0 cm³/mol. The van der Waals surface area contributed by atoms with Crippen LogP contribution >= 0.6 is 11.3 Å². The summed E-state index contributed by atoms with van der Waals surface area (Å²) in [6, 6.07) is 1.91. The van der Waals surface area contributed by atoms with E-state index < -0.39 is 0 Å². The molecule has 6 heteroatoms. The Bertz CT molecular complexity index is 551. The number of nitrogen functional groups attached to an aromatic ring is 1. The van der Waals surface area contributed by atoms with E-state index in [-0.39, 0.29) is 11.9 Å². The lowest BCUT2D eigenvalue weighted by molar-refractivity contribution is 0.0944. The van der Waals surface area contributed by atoms with Crippen LogP contribution in [0.25, 0.3) is 10.2 Å². The zero-order chi connectivity index (χ0) is 12.4. The molecule has 0 fully saturated rings. The van der Waals surface area contributed by atoms with Gasteiger partial charge in [0.15, 0.2) is 0 Å². The Morgan fingerprint density at radius 1 is 1.65 bits per heavy atom. The number of thiophene rings is 1. The van der Waals surface area contributed by atoms with Gasteiger partial charge in [-0.05, 0) is 19.4 Å². The van der Waals surface area contributed by atoms with Crippen molar-refractivity contribution in [3.8, 4) is 0 Å². The number of hydrogen-bond donors (Lipinski definition) is 2. The largest absolute Gasteiger partial charge is 0.397 e. The molecule has 1 atom stereocenters. The van der Waals surface area contributed by atoms with Gasteiger partial charge in [-0.2, -0.15) is 5.10 Å². The Hall–Kier alpha value is -1.69. The van der Waals surface area contributed by atoms with Crippen LogP contribution in [0.4, 0.5) is 5.69 Å². The summed E-state index contributed by atoms with van der Waals surface area (Å²) in [6.07, 6.45) is 2.46. The molecule has 0 spiro atoms. The van der Waals surface area contributed by atoms with E-state index in [0.29, 0.717) is 15.4 Å². The van der Waals surface area contributed by atoms with E-state index in [1.807, 2.05) is 13.8 Å². The van der Waals surface area contributed by atoms with Crippen LogP contribution in [0.3, 0.4) is 0 Å². The average molecular weight is 250 g/mol. The molecule has 0 bridgehead atoms. The van der Waals surface area contributed by atoms with E-state index in [2.05, 4.69) is 15.5 Å². The van der Waals surface area contributed by atoms with Crippen LogP contribution < -0.4 is 11.1 Å². The predicted octanol–water partition coefficient (Wildman–Crippen LogP) is 1.80. The Morgan fingerprint density at radius 2 is 2.41 bits per heavy atom. The average Bonchev–Trinajstić information content (AvgIpc) is 2.67. The lowest BCUT2D eigenvalue weighted by Crippen LogP contribution is -2.31. The van der Waals surface area contributed by atoms with Crippen molar-refractivity contribution in [1.29, 1.82) is 0 Å². The van der Waals surface area contributed by atoms with Crippen molar-refractivity contribution in [3.05, 3.63) is 17.1 Å². The maximum Gasteiger partial charge on any atom is 0.263 e. The van der Waals surface area contributed by atoms with Crippen molar-refractivity contribution in [2.24, 2.45) is 0 Å². The van der Waals surface area contributed by atoms with Gasteiger partial charge in [-0.3, -0.25) is 4.79 Å². The third kappa shape index (κ3) is 2.21. The zero-order valence-corrected chi connectivity index (χ0v) is 10.5. The molecule has 2 rings (SSSR count). The monoisotopic (exact) mass is 250 g/mol. The zero-order valence-electron chi connectivity index (χ0n) is 9.73. The number of aromatic nitrogens is 2. The molecule has 0 aliphatic rings. The lowest BCUT2D eigenvalue weighted by Gasteiger charge is -2.10. The summed E-state index contributed by atoms with van der Waals surface area (Å²) >= 11 is 1.27. The summed E-state index contributed by atoms with van der Waals surface area (Å²) in [7, 11) is 0. The second-order valence-electron chi connectivity index (χ2n) is 3.88. The summed E-state index contributed by atoms with van der Waals surface area (Å²) in [5.74, 6) is -0.139. The first-order valence-corrected chi connectivity index (χ1v) is 6.25. The van der Waals surface area contributed by atoms with Gasteiger partial charge in [0.2, 0.25) is 0 Å². The van der Waals surface area contributed by atoms with Crippen molar-refractivity contribution in [2.75, 3.05) is 5.73 Å². The fourth-order valence-electron chi connectivity index (χ4n) is 1.43. The van der Waals surface area contributed by atoms with Gasteiger partial charge in [-0.15, -0.1) is 16.4 Å². The van der Waals surface area contributed by atoms with Crippen molar-refractivity contribution < 1.29 is 4.79 Å². The van der Waals surface area contributed by atoms with Gasteiger partial charge >= 0.3 is 0 Å². The SMILES string of the molecule is CCC(C)NC(=O)c1sc2nnccc2c1N. The van der Waals surface area contributed by atoms with E-state index in [4.69, 9.17) is 5.73 Å². The van der Waals surface area contributed by atoms with Crippen molar-refractivity contribution in [3.63, 3.8) is 0 Å². The highest BCUT2D eigenvalue weighted by Crippen LogP contribution is 2.31. The summed E-state index contributed by atoms with van der Waals surface area (Å²) < 4.78 is 0. The minimum absolute atomic E-state index is 0.137. The first-order valence-electron chi connectivity index (χ1n) is 5.44. The van der Waals surface area contributed by atoms with Gasteiger partial charge < -0.3 is 11.1 Å². The highest BCUT2D eigenvalue weighted by Gasteiger charge is 2.17. The highest BCUT2D eigenvalue weighted by molar-refractivity contribution is 7.21. The number of amides is 1. The highest BCUT2D eigenvalue weighted by atomic mass is 32.1. The molecular formula is C11H14N4OS. The van der Waals surface area contributed by atoms with Crippen LogP contribution in [0.1, 0.15) is 29.9 Å². The standard InChI is InChI=1S/C11H14N4OS/c1-3-6(2)14-10(16)9-8(12)7-4-5-13-15-11(7)17-9/h4-6H,3,12H2,1-2H3,(H,14,16). The lowest BCUT2D eigenvalue weighted by atomic mass is 10.2. The number of carbonyl (C=O) groups is 1. The fraction of sp³-hybridized carbons (Fsp3) is 0.364. The molecule has 2 aromatic rings. The Morgan fingerprint density at radius 3 is 3.06 bits per heavy atom. The maximum absolute atomic E-state index is 12.0. The molecule has 3 N–H and O–H groups in total. The van der Waals surface area contributed by atoms with Crippen LogP contribution in [-0.4, -0.2) is 22.1 Å². The number of nitrogens with two attached hydrogens (primary N) is 1. The number of fused-ring (bicyclic) bond motifs is 1. The number of nitrogens with one attached hydrogen (secondary N) is 1. The number of hydrogen-bond acceptors (Lipinski definition) is 5. The van der Waals surface area contributed by atoms with Gasteiger partial charge in [0.25, 0.3) is 5.91 Å². The molecule has 17 heavy (non-hydrogen) atoms. The van der Waals surface area contributed by atoms with E-state index in [1.54, 1.807) is 12.3 Å². The van der Waals surface area contributed by atoms with Gasteiger partial charge in [-0.1, -0.05) is 6.92 Å². The summed E-state index contributed by atoms with van der Waals surface area (Å²) in [6.45, 7) is 3.98. The topological polar surface area (TPSA) is 80.9 Å². The smallest absolute Gasteiger partial charge is 0.263 e. The molecule has 0 saturated carbocycles. The molecule has 0 saturated heterocycles. The maximum atomic E-state index is 12.0. The molecule has 1 unspecified atom stereocenters. The minimum Gasteiger partial charge on any atom is -0.397 e. The van der Waals surface area contributed by atoms with E-state index in [9.17, 15) is 4.79 Å². The van der Waals surface area contributed by atoms with Crippen LogP contribution in [-0.2, 0) is 0 Å². The van der Waals surface area contributed by atoms with Gasteiger partial charge in [0, 0.05) is 11.4 Å². The second-order valence-corrected chi connectivity index (χ2v) is 4.88. The van der Waals surface area contributed by atoms with Crippen LogP contribution in [0, 0.1) is 0 Å². The molecule has 5 nitrogen and oxygen atoms in total. The summed E-state index contributed by atoms with van der Waals surface area (Å²) in [4.78, 5) is 13.2.